The number of hydrogen-bond donors (Lipinski definition) is 1. The quantitative estimate of drug-likeness (QED) is 0.631. The summed E-state index contributed by atoms with van der Waals surface area (Å²) in [5.74, 6) is 0. The molecule has 0 atom stereocenters. The highest BCUT2D eigenvalue weighted by Crippen LogP contribution is 2.10. The summed E-state index contributed by atoms with van der Waals surface area (Å²) in [5.41, 5.74) is 4.40. The molecule has 0 unspecified atom stereocenters. The lowest BCUT2D eigenvalue weighted by Crippen LogP contribution is -1.87. The molecule has 0 radical (unpaired) electrons. The van der Waals surface area contributed by atoms with Gasteiger partial charge >= 0.3 is 0 Å². The fourth-order valence-electron chi connectivity index (χ4n) is 0.889. The van der Waals surface area contributed by atoms with Crippen LogP contribution in [0.25, 0.3) is 5.57 Å². The molecule has 1 N–H and O–H groups in total. The number of rotatable bonds is 2. The average Bonchev–Trinajstić information content (AvgIpc) is 2.09. The van der Waals surface area contributed by atoms with Gasteiger partial charge in [-0.05, 0) is 5.56 Å². The van der Waals surface area contributed by atoms with Crippen molar-refractivity contribution < 1.29 is 5.11 Å². The lowest BCUT2D eigenvalue weighted by Gasteiger charge is -1.98. The maximum Gasteiger partial charge on any atom is 0.0759 e. The second-order valence-corrected chi connectivity index (χ2v) is 2.18. The molecule has 1 nitrogen and oxygen atoms in total. The van der Waals surface area contributed by atoms with E-state index in [1.165, 1.54) is 0 Å². The second kappa shape index (κ2) is 3.77. The smallest absolute Gasteiger partial charge is 0.0759 e. The van der Waals surface area contributed by atoms with Crippen LogP contribution in [-0.2, 0) is 0 Å². The summed E-state index contributed by atoms with van der Waals surface area (Å²) < 4.78 is 0. The van der Waals surface area contributed by atoms with Crippen molar-refractivity contribution in [2.24, 2.45) is 0 Å². The van der Waals surface area contributed by atoms with Crippen molar-refractivity contribution in [3.63, 3.8) is 0 Å². The molecule has 0 spiro atoms. The van der Waals surface area contributed by atoms with Crippen LogP contribution in [0.2, 0.25) is 0 Å². The molecule has 0 bridgehead atoms. The average molecular weight is 146 g/mol. The van der Waals surface area contributed by atoms with Gasteiger partial charge in [-0.15, -0.1) is 5.73 Å². The largest absolute Gasteiger partial charge is 0.391 e. The summed E-state index contributed by atoms with van der Waals surface area (Å²) in [6.45, 7) is 3.48. The fourth-order valence-corrected chi connectivity index (χ4v) is 0.889. The number of aliphatic hydroxyl groups is 1. The van der Waals surface area contributed by atoms with Gasteiger partial charge in [0.25, 0.3) is 0 Å². The molecule has 1 aromatic rings. The van der Waals surface area contributed by atoms with Crippen molar-refractivity contribution in [1.29, 1.82) is 0 Å². The molecule has 0 fully saturated rings. The van der Waals surface area contributed by atoms with Crippen molar-refractivity contribution in [2.75, 3.05) is 6.61 Å². The number of hydrogen-bond acceptors (Lipinski definition) is 1. The Hall–Kier alpha value is -1.30. The van der Waals surface area contributed by atoms with Gasteiger partial charge in [-0.25, -0.2) is 0 Å². The van der Waals surface area contributed by atoms with E-state index >= 15 is 0 Å². The maximum atomic E-state index is 8.84. The topological polar surface area (TPSA) is 20.2 Å². The van der Waals surface area contributed by atoms with Gasteiger partial charge in [0.2, 0.25) is 0 Å². The zero-order chi connectivity index (χ0) is 8.10. The Balaban J connectivity index is 3.02. The van der Waals surface area contributed by atoms with Crippen LogP contribution in [0.5, 0.6) is 0 Å². The molecule has 0 saturated heterocycles. The summed E-state index contributed by atoms with van der Waals surface area (Å²) in [7, 11) is 0. The Bertz CT molecular complexity index is 268. The van der Waals surface area contributed by atoms with Crippen LogP contribution in [0.1, 0.15) is 5.56 Å². The molecular formula is C10H10O. The maximum absolute atomic E-state index is 8.84. The molecule has 0 heterocycles. The molecule has 56 valence electrons. The third-order valence-corrected chi connectivity index (χ3v) is 1.49. The molecule has 0 aliphatic rings. The van der Waals surface area contributed by atoms with Crippen LogP contribution < -0.4 is 0 Å². The van der Waals surface area contributed by atoms with E-state index in [-0.39, 0.29) is 6.61 Å². The first-order valence-electron chi connectivity index (χ1n) is 3.43. The predicted molar refractivity (Wildman–Crippen MR) is 46.1 cm³/mol. The SMILES string of the molecule is C=C=C(CO)c1ccccc1. The van der Waals surface area contributed by atoms with Crippen LogP contribution in [0.4, 0.5) is 0 Å². The van der Waals surface area contributed by atoms with Gasteiger partial charge in [0.15, 0.2) is 0 Å². The normalized spacial score (nSPS) is 8.82. The van der Waals surface area contributed by atoms with Gasteiger partial charge in [0, 0.05) is 5.57 Å². The zero-order valence-electron chi connectivity index (χ0n) is 6.25. The van der Waals surface area contributed by atoms with Gasteiger partial charge in [-0.3, -0.25) is 0 Å². The van der Waals surface area contributed by atoms with E-state index in [1.807, 2.05) is 30.3 Å². The fraction of sp³-hybridized carbons (Fsp3) is 0.100. The molecule has 1 heteroatoms. The number of benzene rings is 1. The van der Waals surface area contributed by atoms with Crippen molar-refractivity contribution in [3.8, 4) is 0 Å². The standard InChI is InChI=1S/C10H10O/c1-2-9(8-11)10-6-4-3-5-7-10/h3-7,11H,1,8H2. The molecular weight excluding hydrogens is 136 g/mol. The zero-order valence-corrected chi connectivity index (χ0v) is 6.25. The van der Waals surface area contributed by atoms with E-state index < -0.39 is 0 Å². The van der Waals surface area contributed by atoms with Crippen molar-refractivity contribution >= 4 is 5.57 Å². The van der Waals surface area contributed by atoms with Crippen LogP contribution in [0, 0.1) is 0 Å². The third kappa shape index (κ3) is 1.81. The van der Waals surface area contributed by atoms with E-state index in [9.17, 15) is 0 Å². The molecule has 0 aromatic heterocycles. The summed E-state index contributed by atoms with van der Waals surface area (Å²) in [4.78, 5) is 0. The molecule has 0 saturated carbocycles. The summed E-state index contributed by atoms with van der Waals surface area (Å²) >= 11 is 0. The Morgan fingerprint density at radius 2 is 2.00 bits per heavy atom. The summed E-state index contributed by atoms with van der Waals surface area (Å²) in [6.07, 6.45) is 0. The minimum atomic E-state index is -0.00644. The van der Waals surface area contributed by atoms with Gasteiger partial charge in [0.1, 0.15) is 0 Å². The van der Waals surface area contributed by atoms with Crippen LogP contribution >= 0.6 is 0 Å². The van der Waals surface area contributed by atoms with E-state index in [4.69, 9.17) is 5.11 Å². The molecule has 0 aliphatic carbocycles. The van der Waals surface area contributed by atoms with Gasteiger partial charge in [0.05, 0.1) is 6.61 Å². The first-order chi connectivity index (χ1) is 5.38. The van der Waals surface area contributed by atoms with Gasteiger partial charge in [-0.2, -0.15) is 0 Å². The first kappa shape index (κ1) is 7.80. The Labute approximate surface area is 66.3 Å². The first-order valence-corrected chi connectivity index (χ1v) is 3.43. The Morgan fingerprint density at radius 3 is 2.45 bits per heavy atom. The van der Waals surface area contributed by atoms with Crippen molar-refractivity contribution in [1.82, 2.24) is 0 Å². The monoisotopic (exact) mass is 146 g/mol. The van der Waals surface area contributed by atoms with Crippen LogP contribution in [0.3, 0.4) is 0 Å². The van der Waals surface area contributed by atoms with E-state index in [2.05, 4.69) is 12.3 Å². The van der Waals surface area contributed by atoms with Gasteiger partial charge < -0.3 is 5.11 Å². The summed E-state index contributed by atoms with van der Waals surface area (Å²) in [6, 6.07) is 9.61. The van der Waals surface area contributed by atoms with Crippen LogP contribution in [-0.4, -0.2) is 11.7 Å². The Kier molecular flexibility index (Phi) is 2.67. The second-order valence-electron chi connectivity index (χ2n) is 2.18. The Morgan fingerprint density at radius 1 is 1.36 bits per heavy atom. The molecule has 1 rings (SSSR count). The molecule has 0 amide bonds. The summed E-state index contributed by atoms with van der Waals surface area (Å²) in [5, 5.41) is 8.84. The molecule has 1 aromatic carbocycles. The third-order valence-electron chi connectivity index (χ3n) is 1.49. The van der Waals surface area contributed by atoms with Crippen molar-refractivity contribution in [2.45, 2.75) is 0 Å². The lowest BCUT2D eigenvalue weighted by atomic mass is 10.1. The van der Waals surface area contributed by atoms with Gasteiger partial charge in [-0.1, -0.05) is 36.9 Å². The van der Waals surface area contributed by atoms with Crippen molar-refractivity contribution in [3.05, 3.63) is 48.2 Å². The predicted octanol–water partition coefficient (Wildman–Crippen LogP) is 1.85. The lowest BCUT2D eigenvalue weighted by molar-refractivity contribution is 0.350. The van der Waals surface area contributed by atoms with E-state index in [0.29, 0.717) is 0 Å². The minimum Gasteiger partial charge on any atom is -0.391 e. The molecule has 11 heavy (non-hydrogen) atoms. The molecule has 0 aliphatic heterocycles. The minimum absolute atomic E-state index is 0.00644. The van der Waals surface area contributed by atoms with Crippen LogP contribution in [0.15, 0.2) is 42.6 Å². The highest BCUT2D eigenvalue weighted by Gasteiger charge is 1.95. The highest BCUT2D eigenvalue weighted by atomic mass is 16.3. The van der Waals surface area contributed by atoms with E-state index in [1.54, 1.807) is 0 Å². The number of aliphatic hydroxyl groups excluding tert-OH is 1. The van der Waals surface area contributed by atoms with E-state index in [0.717, 1.165) is 11.1 Å². The highest BCUT2D eigenvalue weighted by molar-refractivity contribution is 5.64.